The van der Waals surface area contributed by atoms with Crippen molar-refractivity contribution >= 4 is 17.2 Å². The summed E-state index contributed by atoms with van der Waals surface area (Å²) in [4.78, 5) is 15.2. The van der Waals surface area contributed by atoms with Gasteiger partial charge in [0.2, 0.25) is 0 Å². The number of hydrogen-bond acceptors (Lipinski definition) is 4. The number of aliphatic hydroxyl groups is 1. The van der Waals surface area contributed by atoms with Gasteiger partial charge in [-0.3, -0.25) is 4.79 Å². The SMILES string of the molecule is CCN(CC1CCCO1)C(=O)c1sccc1C#CCCO. The first-order chi connectivity index (χ1) is 10.3. The molecular formula is C16H21NO3S. The summed E-state index contributed by atoms with van der Waals surface area (Å²) in [6.45, 7) is 4.14. The topological polar surface area (TPSA) is 49.8 Å². The summed E-state index contributed by atoms with van der Waals surface area (Å²) in [6.07, 6.45) is 2.69. The molecule has 1 fully saturated rings. The van der Waals surface area contributed by atoms with Gasteiger partial charge in [-0.2, -0.15) is 0 Å². The molecule has 2 rings (SSSR count). The van der Waals surface area contributed by atoms with E-state index < -0.39 is 0 Å². The van der Waals surface area contributed by atoms with Gasteiger partial charge in [-0.15, -0.1) is 11.3 Å². The zero-order chi connectivity index (χ0) is 15.1. The fraction of sp³-hybridized carbons (Fsp3) is 0.562. The van der Waals surface area contributed by atoms with E-state index in [0.29, 0.717) is 24.4 Å². The van der Waals surface area contributed by atoms with Crippen LogP contribution >= 0.6 is 11.3 Å². The third-order valence-corrected chi connectivity index (χ3v) is 4.34. The van der Waals surface area contributed by atoms with Crippen molar-refractivity contribution in [2.45, 2.75) is 32.3 Å². The number of carbonyl (C=O) groups is 1. The van der Waals surface area contributed by atoms with E-state index in [1.54, 1.807) is 0 Å². The van der Waals surface area contributed by atoms with Gasteiger partial charge in [0.25, 0.3) is 5.91 Å². The first-order valence-corrected chi connectivity index (χ1v) is 8.22. The van der Waals surface area contributed by atoms with Crippen molar-refractivity contribution in [3.8, 4) is 11.8 Å². The van der Waals surface area contributed by atoms with Crippen LogP contribution in [0.1, 0.15) is 41.4 Å². The van der Waals surface area contributed by atoms with Crippen LogP contribution < -0.4 is 0 Å². The first-order valence-electron chi connectivity index (χ1n) is 7.34. The lowest BCUT2D eigenvalue weighted by Crippen LogP contribution is -2.37. The van der Waals surface area contributed by atoms with Crippen molar-refractivity contribution in [3.05, 3.63) is 21.9 Å². The average molecular weight is 307 g/mol. The second-order valence-electron chi connectivity index (χ2n) is 4.92. The first kappa shape index (κ1) is 16.0. The molecular weight excluding hydrogens is 286 g/mol. The molecule has 1 aliphatic rings. The zero-order valence-corrected chi connectivity index (χ0v) is 13.1. The Morgan fingerprint density at radius 3 is 3.14 bits per heavy atom. The minimum absolute atomic E-state index is 0.0244. The average Bonchev–Trinajstić information content (AvgIpc) is 3.15. The molecule has 0 aromatic carbocycles. The molecule has 114 valence electrons. The van der Waals surface area contributed by atoms with Gasteiger partial charge in [-0.1, -0.05) is 11.8 Å². The molecule has 0 aliphatic carbocycles. The largest absolute Gasteiger partial charge is 0.395 e. The van der Waals surface area contributed by atoms with Crippen LogP contribution in [0.2, 0.25) is 0 Å². The van der Waals surface area contributed by atoms with E-state index in [9.17, 15) is 4.79 Å². The Balaban J connectivity index is 2.07. The van der Waals surface area contributed by atoms with Crippen molar-refractivity contribution in [2.75, 3.05) is 26.3 Å². The lowest BCUT2D eigenvalue weighted by Gasteiger charge is -2.23. The van der Waals surface area contributed by atoms with Crippen LogP contribution in [0.5, 0.6) is 0 Å². The van der Waals surface area contributed by atoms with Gasteiger partial charge in [0.15, 0.2) is 0 Å². The normalized spacial score (nSPS) is 17.3. The number of ether oxygens (including phenoxy) is 1. The summed E-state index contributed by atoms with van der Waals surface area (Å²) in [7, 11) is 0. The Bertz CT molecular complexity index is 523. The molecule has 1 amide bonds. The summed E-state index contributed by atoms with van der Waals surface area (Å²) < 4.78 is 5.62. The highest BCUT2D eigenvalue weighted by Gasteiger charge is 2.24. The van der Waals surface area contributed by atoms with Gasteiger partial charge < -0.3 is 14.7 Å². The Morgan fingerprint density at radius 1 is 1.62 bits per heavy atom. The molecule has 1 unspecified atom stereocenters. The van der Waals surface area contributed by atoms with Gasteiger partial charge in [-0.05, 0) is 31.2 Å². The lowest BCUT2D eigenvalue weighted by atomic mass is 10.2. The summed E-state index contributed by atoms with van der Waals surface area (Å²) >= 11 is 1.42. The minimum Gasteiger partial charge on any atom is -0.395 e. The van der Waals surface area contributed by atoms with Crippen molar-refractivity contribution in [1.29, 1.82) is 0 Å². The molecule has 5 heteroatoms. The summed E-state index contributed by atoms with van der Waals surface area (Å²) in [5.74, 6) is 5.87. The van der Waals surface area contributed by atoms with Gasteiger partial charge in [0.1, 0.15) is 4.88 Å². The molecule has 1 atom stereocenters. The molecule has 1 N–H and O–H groups in total. The summed E-state index contributed by atoms with van der Waals surface area (Å²) in [5.41, 5.74) is 0.754. The molecule has 0 radical (unpaired) electrons. The second-order valence-corrected chi connectivity index (χ2v) is 5.83. The van der Waals surface area contributed by atoms with Crippen LogP contribution in [0.3, 0.4) is 0 Å². The van der Waals surface area contributed by atoms with Gasteiger partial charge in [0.05, 0.1) is 12.7 Å². The molecule has 1 aliphatic heterocycles. The third kappa shape index (κ3) is 4.31. The van der Waals surface area contributed by atoms with Crippen molar-refractivity contribution in [1.82, 2.24) is 4.90 Å². The number of carbonyl (C=O) groups excluding carboxylic acids is 1. The van der Waals surface area contributed by atoms with Crippen molar-refractivity contribution in [3.63, 3.8) is 0 Å². The monoisotopic (exact) mass is 307 g/mol. The van der Waals surface area contributed by atoms with Gasteiger partial charge in [-0.25, -0.2) is 0 Å². The van der Waals surface area contributed by atoms with Crippen LogP contribution in [0, 0.1) is 11.8 Å². The zero-order valence-electron chi connectivity index (χ0n) is 12.3. The number of aliphatic hydroxyl groups excluding tert-OH is 1. The maximum Gasteiger partial charge on any atom is 0.265 e. The summed E-state index contributed by atoms with van der Waals surface area (Å²) in [6, 6.07) is 1.86. The standard InChI is InChI=1S/C16H21NO3S/c1-2-17(12-14-7-5-10-20-14)16(19)15-13(8-11-21-15)6-3-4-9-18/h8,11,14,18H,2,4-5,7,9-10,12H2,1H3. The van der Waals surface area contributed by atoms with Crippen LogP contribution in [-0.4, -0.2) is 48.3 Å². The minimum atomic E-state index is 0.0244. The van der Waals surface area contributed by atoms with Crippen molar-refractivity contribution < 1.29 is 14.6 Å². The Morgan fingerprint density at radius 2 is 2.48 bits per heavy atom. The van der Waals surface area contributed by atoms with E-state index in [4.69, 9.17) is 9.84 Å². The Kier molecular flexibility index (Phi) is 6.24. The summed E-state index contributed by atoms with van der Waals surface area (Å²) in [5, 5.41) is 10.7. The number of hydrogen-bond donors (Lipinski definition) is 1. The van der Waals surface area contributed by atoms with E-state index in [2.05, 4.69) is 11.8 Å². The lowest BCUT2D eigenvalue weighted by molar-refractivity contribution is 0.0542. The maximum atomic E-state index is 12.6. The van der Waals surface area contributed by atoms with Gasteiger partial charge >= 0.3 is 0 Å². The highest BCUT2D eigenvalue weighted by molar-refractivity contribution is 7.12. The number of nitrogens with zero attached hydrogens (tertiary/aromatic N) is 1. The molecule has 4 nitrogen and oxygen atoms in total. The number of thiophene rings is 1. The smallest absolute Gasteiger partial charge is 0.265 e. The van der Waals surface area contributed by atoms with E-state index in [0.717, 1.165) is 25.0 Å². The van der Waals surface area contributed by atoms with Gasteiger partial charge in [0, 0.05) is 31.7 Å². The van der Waals surface area contributed by atoms with E-state index in [1.165, 1.54) is 11.3 Å². The third-order valence-electron chi connectivity index (χ3n) is 3.44. The highest BCUT2D eigenvalue weighted by Crippen LogP contribution is 2.20. The molecule has 0 spiro atoms. The molecule has 21 heavy (non-hydrogen) atoms. The fourth-order valence-corrected chi connectivity index (χ4v) is 3.14. The fourth-order valence-electron chi connectivity index (χ4n) is 2.32. The van der Waals surface area contributed by atoms with E-state index >= 15 is 0 Å². The number of likely N-dealkylation sites (N-methyl/N-ethyl adjacent to an activating group) is 1. The van der Waals surface area contributed by atoms with E-state index in [-0.39, 0.29) is 18.6 Å². The molecule has 1 saturated heterocycles. The Hall–Kier alpha value is -1.35. The van der Waals surface area contributed by atoms with Crippen LogP contribution in [0.4, 0.5) is 0 Å². The van der Waals surface area contributed by atoms with E-state index in [1.807, 2.05) is 23.3 Å². The quantitative estimate of drug-likeness (QED) is 0.848. The highest BCUT2D eigenvalue weighted by atomic mass is 32.1. The maximum absolute atomic E-state index is 12.6. The van der Waals surface area contributed by atoms with Crippen LogP contribution in [0.15, 0.2) is 11.4 Å². The van der Waals surface area contributed by atoms with Crippen LogP contribution in [-0.2, 0) is 4.74 Å². The van der Waals surface area contributed by atoms with Crippen LogP contribution in [0.25, 0.3) is 0 Å². The molecule has 1 aromatic rings. The molecule has 0 bridgehead atoms. The predicted octanol–water partition coefficient (Wildman–Crippen LogP) is 2.12. The molecule has 0 saturated carbocycles. The molecule has 1 aromatic heterocycles. The number of rotatable bonds is 5. The van der Waals surface area contributed by atoms with Crippen molar-refractivity contribution in [2.24, 2.45) is 0 Å². The predicted molar refractivity (Wildman–Crippen MR) is 83.5 cm³/mol. The second kappa shape index (κ2) is 8.18. The molecule has 2 heterocycles. The number of amides is 1. The Labute approximate surface area is 129 Å².